The third-order valence-electron chi connectivity index (χ3n) is 3.69. The molecule has 0 aromatic rings. The van der Waals surface area contributed by atoms with E-state index < -0.39 is 0 Å². The second kappa shape index (κ2) is 9.04. The predicted octanol–water partition coefficient (Wildman–Crippen LogP) is 4.09. The molecule has 0 saturated heterocycles. The molecule has 0 aliphatic rings. The van der Waals surface area contributed by atoms with Gasteiger partial charge in [0, 0.05) is 11.5 Å². The summed E-state index contributed by atoms with van der Waals surface area (Å²) in [6.07, 6.45) is 8.53. The van der Waals surface area contributed by atoms with E-state index in [1.807, 2.05) is 20.8 Å². The minimum atomic E-state index is -0.149. The van der Waals surface area contributed by atoms with Crippen molar-refractivity contribution < 1.29 is 9.59 Å². The smallest absolute Gasteiger partial charge is 0.169 e. The highest BCUT2D eigenvalue weighted by Crippen LogP contribution is 2.34. The molecule has 1 unspecified atom stereocenters. The summed E-state index contributed by atoms with van der Waals surface area (Å²) < 4.78 is 0. The maximum atomic E-state index is 11.9. The van der Waals surface area contributed by atoms with Crippen LogP contribution >= 0.6 is 0 Å². The van der Waals surface area contributed by atoms with E-state index in [1.165, 1.54) is 0 Å². The molecule has 0 heterocycles. The molecule has 0 radical (unpaired) electrons. The van der Waals surface area contributed by atoms with E-state index in [0.717, 1.165) is 12.8 Å². The average molecular weight is 307 g/mol. The van der Waals surface area contributed by atoms with Gasteiger partial charge >= 0.3 is 0 Å². The Morgan fingerprint density at radius 2 is 1.59 bits per heavy atom. The molecule has 3 heteroatoms. The third-order valence-corrected chi connectivity index (χ3v) is 3.69. The first-order valence-corrected chi connectivity index (χ1v) is 8.10. The lowest BCUT2D eigenvalue weighted by Crippen LogP contribution is -2.45. The van der Waals surface area contributed by atoms with Gasteiger partial charge in [-0.2, -0.15) is 0 Å². The number of carbonyl (C=O) groups is 2. The van der Waals surface area contributed by atoms with Crippen LogP contribution in [0.1, 0.15) is 61.3 Å². The zero-order valence-electron chi connectivity index (χ0n) is 15.3. The molecule has 0 bridgehead atoms. The molecule has 22 heavy (non-hydrogen) atoms. The molecule has 1 atom stereocenters. The van der Waals surface area contributed by atoms with Crippen molar-refractivity contribution in [3.63, 3.8) is 0 Å². The highest BCUT2D eigenvalue weighted by molar-refractivity contribution is 5.91. The van der Waals surface area contributed by atoms with Gasteiger partial charge < -0.3 is 5.32 Å². The van der Waals surface area contributed by atoms with E-state index in [2.05, 4.69) is 33.0 Å². The van der Waals surface area contributed by atoms with Crippen LogP contribution in [0.15, 0.2) is 24.3 Å². The molecule has 0 aliphatic carbocycles. The van der Waals surface area contributed by atoms with E-state index in [0.29, 0.717) is 6.54 Å². The first kappa shape index (κ1) is 20.8. The second-order valence-corrected chi connectivity index (χ2v) is 7.55. The van der Waals surface area contributed by atoms with Crippen LogP contribution in [0.2, 0.25) is 0 Å². The number of ketones is 2. The Labute approximate surface area is 136 Å². The molecular formula is C19H33NO2. The number of rotatable bonds is 10. The Morgan fingerprint density at radius 1 is 1.05 bits per heavy atom. The van der Waals surface area contributed by atoms with Crippen molar-refractivity contribution in [2.24, 2.45) is 11.3 Å². The Hall–Kier alpha value is -1.22. The lowest BCUT2D eigenvalue weighted by atomic mass is 9.74. The number of allylic oxidation sites excluding steroid dienone is 3. The Kier molecular flexibility index (Phi) is 8.54. The number of hydrogen-bond donors (Lipinski definition) is 1. The molecule has 0 rings (SSSR count). The third kappa shape index (κ3) is 8.93. The largest absolute Gasteiger partial charge is 0.305 e. The first-order chi connectivity index (χ1) is 10.0. The topological polar surface area (TPSA) is 46.2 Å². The summed E-state index contributed by atoms with van der Waals surface area (Å²) in [7, 11) is 0. The van der Waals surface area contributed by atoms with Gasteiger partial charge in [-0.15, -0.1) is 0 Å². The maximum absolute atomic E-state index is 11.9. The van der Waals surface area contributed by atoms with Gasteiger partial charge in [-0.05, 0) is 58.1 Å². The zero-order valence-corrected chi connectivity index (χ0v) is 15.3. The Bertz CT molecular complexity index is 431. The first-order valence-electron chi connectivity index (χ1n) is 8.10. The van der Waals surface area contributed by atoms with E-state index in [-0.39, 0.29) is 28.4 Å². The van der Waals surface area contributed by atoms with Gasteiger partial charge in [0.1, 0.15) is 0 Å². The summed E-state index contributed by atoms with van der Waals surface area (Å²) in [6.45, 7) is 14.6. The highest BCUT2D eigenvalue weighted by atomic mass is 16.1. The molecule has 0 fully saturated rings. The van der Waals surface area contributed by atoms with Crippen LogP contribution in [0, 0.1) is 11.3 Å². The summed E-state index contributed by atoms with van der Waals surface area (Å²) in [6, 6.07) is 0. The molecule has 0 aromatic carbocycles. The van der Waals surface area contributed by atoms with Gasteiger partial charge in [-0.25, -0.2) is 0 Å². The summed E-state index contributed by atoms with van der Waals surface area (Å²) in [4.78, 5) is 23.5. The van der Waals surface area contributed by atoms with E-state index in [1.54, 1.807) is 24.3 Å². The van der Waals surface area contributed by atoms with Crippen molar-refractivity contribution in [1.82, 2.24) is 5.32 Å². The SMILES string of the molecule is C/C=C/C(=O)CNC(C)(C)CC(C)(C)CC(C)C(=O)/C=C/C. The average Bonchev–Trinajstić information content (AvgIpc) is 2.35. The van der Waals surface area contributed by atoms with Gasteiger partial charge in [0.2, 0.25) is 0 Å². The summed E-state index contributed by atoms with van der Waals surface area (Å²) in [5.41, 5.74) is -0.124. The molecule has 126 valence electrons. The number of carbonyl (C=O) groups excluding carboxylic acids is 2. The summed E-state index contributed by atoms with van der Waals surface area (Å²) in [5.74, 6) is 0.293. The van der Waals surface area contributed by atoms with Crippen molar-refractivity contribution >= 4 is 11.6 Å². The minimum Gasteiger partial charge on any atom is -0.305 e. The molecule has 1 N–H and O–H groups in total. The van der Waals surface area contributed by atoms with Crippen LogP contribution in [-0.4, -0.2) is 23.7 Å². The van der Waals surface area contributed by atoms with Crippen LogP contribution in [0.5, 0.6) is 0 Å². The Balaban J connectivity index is 4.60. The van der Waals surface area contributed by atoms with Crippen LogP contribution in [0.3, 0.4) is 0 Å². The monoisotopic (exact) mass is 307 g/mol. The second-order valence-electron chi connectivity index (χ2n) is 7.55. The maximum Gasteiger partial charge on any atom is 0.169 e. The number of nitrogens with one attached hydrogen (secondary N) is 1. The van der Waals surface area contributed by atoms with Gasteiger partial charge in [0.15, 0.2) is 11.6 Å². The van der Waals surface area contributed by atoms with Gasteiger partial charge in [-0.1, -0.05) is 32.9 Å². The fraction of sp³-hybridized carbons (Fsp3) is 0.684. The fourth-order valence-corrected chi connectivity index (χ4v) is 3.16. The molecule has 0 spiro atoms. The van der Waals surface area contributed by atoms with Gasteiger partial charge in [0.05, 0.1) is 6.54 Å². The summed E-state index contributed by atoms with van der Waals surface area (Å²) in [5, 5.41) is 3.33. The van der Waals surface area contributed by atoms with Crippen molar-refractivity contribution in [3.8, 4) is 0 Å². The van der Waals surface area contributed by atoms with E-state index in [9.17, 15) is 9.59 Å². The molecule has 0 saturated carbocycles. The molecule has 0 aliphatic heterocycles. The fourth-order valence-electron chi connectivity index (χ4n) is 3.16. The molecule has 0 aromatic heterocycles. The van der Waals surface area contributed by atoms with Crippen molar-refractivity contribution in [2.75, 3.05) is 6.54 Å². The lowest BCUT2D eigenvalue weighted by Gasteiger charge is -2.37. The van der Waals surface area contributed by atoms with Crippen LogP contribution in [-0.2, 0) is 9.59 Å². The lowest BCUT2D eigenvalue weighted by molar-refractivity contribution is -0.118. The van der Waals surface area contributed by atoms with Crippen LogP contribution in [0.25, 0.3) is 0 Å². The van der Waals surface area contributed by atoms with Crippen LogP contribution in [0.4, 0.5) is 0 Å². The van der Waals surface area contributed by atoms with Gasteiger partial charge in [0.25, 0.3) is 0 Å². The number of hydrogen-bond acceptors (Lipinski definition) is 3. The van der Waals surface area contributed by atoms with Crippen LogP contribution < -0.4 is 5.32 Å². The molecule has 3 nitrogen and oxygen atoms in total. The normalized spacial score (nSPS) is 14.7. The highest BCUT2D eigenvalue weighted by Gasteiger charge is 2.31. The standard InChI is InChI=1S/C19H33NO2/c1-8-10-16(21)13-20-19(6,7)14-18(4,5)12-15(3)17(22)11-9-2/h8-11,15,20H,12-14H2,1-7H3/b10-8+,11-9+. The van der Waals surface area contributed by atoms with Gasteiger partial charge in [-0.3, -0.25) is 9.59 Å². The van der Waals surface area contributed by atoms with Crippen molar-refractivity contribution in [3.05, 3.63) is 24.3 Å². The quantitative estimate of drug-likeness (QED) is 0.618. The zero-order chi connectivity index (χ0) is 17.4. The summed E-state index contributed by atoms with van der Waals surface area (Å²) >= 11 is 0. The van der Waals surface area contributed by atoms with E-state index >= 15 is 0 Å². The predicted molar refractivity (Wildman–Crippen MR) is 93.9 cm³/mol. The molecular weight excluding hydrogens is 274 g/mol. The van der Waals surface area contributed by atoms with Crippen molar-refractivity contribution in [1.29, 1.82) is 0 Å². The minimum absolute atomic E-state index is 0.0201. The Morgan fingerprint density at radius 3 is 2.09 bits per heavy atom. The van der Waals surface area contributed by atoms with Crippen molar-refractivity contribution in [2.45, 2.75) is 66.8 Å². The molecule has 0 amide bonds. The van der Waals surface area contributed by atoms with E-state index in [4.69, 9.17) is 0 Å².